The molecule has 0 atom stereocenters. The molecule has 0 aromatic heterocycles. The number of aldehydes is 1. The van der Waals surface area contributed by atoms with Gasteiger partial charge in [0.25, 0.3) is 0 Å². The third-order valence-electron chi connectivity index (χ3n) is 0.979. The van der Waals surface area contributed by atoms with Crippen LogP contribution in [-0.2, 0) is 15.7 Å². The first kappa shape index (κ1) is 19.1. The van der Waals surface area contributed by atoms with Gasteiger partial charge < -0.3 is 4.79 Å². The zero-order valence-electron chi connectivity index (χ0n) is 10.3. The van der Waals surface area contributed by atoms with Crippen molar-refractivity contribution in [3.05, 3.63) is 24.2 Å². The summed E-state index contributed by atoms with van der Waals surface area (Å²) in [5.74, 6) is 0.634. The number of carbonyl (C=O) groups is 2. The molecule has 0 spiro atoms. The third-order valence-corrected chi connectivity index (χ3v) is 6.32. The molecule has 0 bridgehead atoms. The van der Waals surface area contributed by atoms with Crippen LogP contribution >= 0.6 is 17.8 Å². The second kappa shape index (κ2) is 9.79. The van der Waals surface area contributed by atoms with Crippen LogP contribution in [0.1, 0.15) is 27.7 Å². The average Bonchev–Trinajstić information content (AvgIpc) is 1.97. The number of halogens is 2. The van der Waals surface area contributed by atoms with Crippen molar-refractivity contribution in [2.75, 3.05) is 0 Å². The molecule has 0 saturated heterocycles. The molecule has 7 heteroatoms. The fourth-order valence-corrected chi connectivity index (χ4v) is 6.64. The Hall–Kier alpha value is -0.201. The predicted octanol–water partition coefficient (Wildman–Crippen LogP) is 3.16. The number of carbonyl (C=O) groups excluding carboxylic acids is 2. The van der Waals surface area contributed by atoms with E-state index in [1.807, 2.05) is 0 Å². The minimum Gasteiger partial charge on any atom is -0.304 e. The maximum atomic E-state index is 10.7. The van der Waals surface area contributed by atoms with Gasteiger partial charge in [0.05, 0.1) is 0 Å². The standard InChI is InChI=1S/C5H8O2.C3H6O.C2H4O.2ClH.Sn/c1-4(6)3-5(2)7;1-3(2)4;1-2-3;;;/h3,6H,1-2H3;4H,1H2,2H3;2H,1H3;2*1H;/q;;;;;+4/p-4/b4-3-;;;;;. The molecule has 0 saturated carbocycles. The Labute approximate surface area is 114 Å². The van der Waals surface area contributed by atoms with E-state index in [0.29, 0.717) is 11.5 Å². The van der Waals surface area contributed by atoms with E-state index in [-0.39, 0.29) is 5.78 Å². The van der Waals surface area contributed by atoms with Crippen molar-refractivity contribution in [2.24, 2.45) is 0 Å². The Balaban J connectivity index is 0. The monoisotopic (exact) mass is 390 g/mol. The summed E-state index contributed by atoms with van der Waals surface area (Å²) in [4.78, 5) is 19.5. The largest absolute Gasteiger partial charge is 0.304 e. The molecule has 0 heterocycles. The number of rotatable bonds is 5. The summed E-state index contributed by atoms with van der Waals surface area (Å²) in [6.07, 6.45) is 2.05. The van der Waals surface area contributed by atoms with E-state index in [1.165, 1.54) is 19.9 Å². The van der Waals surface area contributed by atoms with E-state index in [0.717, 1.165) is 6.29 Å². The number of hydrogen-bond acceptors (Lipinski definition) is 4. The van der Waals surface area contributed by atoms with E-state index in [1.54, 1.807) is 13.8 Å². The van der Waals surface area contributed by atoms with Gasteiger partial charge in [0.1, 0.15) is 6.29 Å². The van der Waals surface area contributed by atoms with E-state index in [4.69, 9.17) is 28.8 Å². The van der Waals surface area contributed by atoms with E-state index < -0.39 is 17.0 Å². The van der Waals surface area contributed by atoms with Crippen LogP contribution < -0.4 is 0 Å². The summed E-state index contributed by atoms with van der Waals surface area (Å²) in [5.41, 5.74) is 0. The minimum atomic E-state index is -4.00. The van der Waals surface area contributed by atoms with Gasteiger partial charge in [-0.3, -0.25) is 0 Å². The van der Waals surface area contributed by atoms with Crippen molar-refractivity contribution in [3.63, 3.8) is 0 Å². The third kappa shape index (κ3) is 15.8. The van der Waals surface area contributed by atoms with Gasteiger partial charge in [0.2, 0.25) is 0 Å². The van der Waals surface area contributed by atoms with Crippen LogP contribution in [0.15, 0.2) is 24.2 Å². The molecule has 0 aliphatic rings. The molecule has 0 amide bonds. The summed E-state index contributed by atoms with van der Waals surface area (Å²) in [6.45, 7) is 9.58. The summed E-state index contributed by atoms with van der Waals surface area (Å²) in [6, 6.07) is 0. The fraction of sp³-hybridized carbons (Fsp3) is 0.400. The predicted molar refractivity (Wildman–Crippen MR) is 70.6 cm³/mol. The Morgan fingerprint density at radius 1 is 1.24 bits per heavy atom. The molecule has 0 aliphatic carbocycles. The van der Waals surface area contributed by atoms with Crippen molar-refractivity contribution in [1.29, 1.82) is 0 Å². The first-order valence-corrected chi connectivity index (χ1v) is 14.2. The van der Waals surface area contributed by atoms with Gasteiger partial charge in [-0.25, -0.2) is 0 Å². The van der Waals surface area contributed by atoms with E-state index in [9.17, 15) is 4.79 Å². The SMILES string of the molecule is C=C(C)[O][Sn]([Cl])([Cl])[O]/C(C)=C\C(C)=O.CC=O. The molecule has 4 nitrogen and oxygen atoms in total. The van der Waals surface area contributed by atoms with Gasteiger partial charge in [-0.15, -0.1) is 0 Å². The van der Waals surface area contributed by atoms with Crippen molar-refractivity contribution in [3.8, 4) is 0 Å². The van der Waals surface area contributed by atoms with E-state index >= 15 is 0 Å². The van der Waals surface area contributed by atoms with Crippen molar-refractivity contribution in [1.82, 2.24) is 0 Å². The zero-order chi connectivity index (χ0) is 14.1. The van der Waals surface area contributed by atoms with Crippen molar-refractivity contribution < 1.29 is 15.7 Å². The topological polar surface area (TPSA) is 52.6 Å². The van der Waals surface area contributed by atoms with Gasteiger partial charge in [-0.2, -0.15) is 0 Å². The first-order valence-electron chi connectivity index (χ1n) is 4.64. The first-order chi connectivity index (χ1) is 7.64. The molecule has 0 radical (unpaired) electrons. The molecule has 98 valence electrons. The molecule has 0 N–H and O–H groups in total. The smallest absolute Gasteiger partial charge is 0.116 e. The molecule has 17 heavy (non-hydrogen) atoms. The Morgan fingerprint density at radius 3 is 1.94 bits per heavy atom. The van der Waals surface area contributed by atoms with Crippen LogP contribution in [0.3, 0.4) is 0 Å². The molecule has 0 rings (SSSR count). The zero-order valence-corrected chi connectivity index (χ0v) is 14.6. The van der Waals surface area contributed by atoms with Crippen LogP contribution in [0.5, 0.6) is 0 Å². The molecule has 0 unspecified atom stereocenters. The van der Waals surface area contributed by atoms with Crippen LogP contribution in [0.25, 0.3) is 0 Å². The molecule has 0 aromatic carbocycles. The maximum Gasteiger partial charge on any atom is 0.116 e. The number of hydrogen-bond donors (Lipinski definition) is 0. The summed E-state index contributed by atoms with van der Waals surface area (Å²) in [5, 5.41) is 0. The summed E-state index contributed by atoms with van der Waals surface area (Å²) in [7, 11) is 11.7. The molecular weight excluding hydrogens is 374 g/mol. The van der Waals surface area contributed by atoms with Gasteiger partial charge in [-0.05, 0) is 6.92 Å². The molecule has 0 aliphatic heterocycles. The van der Waals surface area contributed by atoms with Gasteiger partial charge in [-0.1, -0.05) is 0 Å². The second-order valence-electron chi connectivity index (χ2n) is 2.97. The van der Waals surface area contributed by atoms with Crippen LogP contribution in [-0.4, -0.2) is 29.0 Å². The maximum absolute atomic E-state index is 10.7. The van der Waals surface area contributed by atoms with Gasteiger partial charge in [0, 0.05) is 0 Å². The second-order valence-corrected chi connectivity index (χ2v) is 14.8. The van der Waals surface area contributed by atoms with Crippen LogP contribution in [0, 0.1) is 0 Å². The average molecular weight is 390 g/mol. The normalized spacial score (nSPS) is 10.8. The van der Waals surface area contributed by atoms with Gasteiger partial charge in [0.15, 0.2) is 0 Å². The van der Waals surface area contributed by atoms with Gasteiger partial charge >= 0.3 is 96.5 Å². The molecular formula is C10H16Cl2O4Sn. The summed E-state index contributed by atoms with van der Waals surface area (Å²) < 4.78 is 10.2. The minimum absolute atomic E-state index is 0.131. The quantitative estimate of drug-likeness (QED) is 0.314. The van der Waals surface area contributed by atoms with E-state index in [2.05, 4.69) is 6.58 Å². The fourth-order valence-electron chi connectivity index (χ4n) is 0.727. The molecule has 0 fully saturated rings. The Morgan fingerprint density at radius 2 is 1.65 bits per heavy atom. The number of ketones is 1. The van der Waals surface area contributed by atoms with Crippen molar-refractivity contribution in [2.45, 2.75) is 27.7 Å². The number of allylic oxidation sites excluding steroid dienone is 3. The van der Waals surface area contributed by atoms with Crippen LogP contribution in [0.4, 0.5) is 0 Å². The summed E-state index contributed by atoms with van der Waals surface area (Å²) >= 11 is -4.00. The molecule has 0 aromatic rings. The Kier molecular flexibility index (Phi) is 11.0. The Bertz CT molecular complexity index is 313. The van der Waals surface area contributed by atoms with Crippen molar-refractivity contribution >= 4 is 46.9 Å². The van der Waals surface area contributed by atoms with Crippen LogP contribution in [0.2, 0.25) is 0 Å².